The van der Waals surface area contributed by atoms with E-state index in [1.54, 1.807) is 0 Å². The van der Waals surface area contributed by atoms with Crippen LogP contribution in [0.25, 0.3) is 0 Å². The summed E-state index contributed by atoms with van der Waals surface area (Å²) >= 11 is 2.65. The van der Waals surface area contributed by atoms with Crippen molar-refractivity contribution in [2.24, 2.45) is 0 Å². The molecule has 0 aliphatic heterocycles. The lowest BCUT2D eigenvalue weighted by Crippen LogP contribution is -2.31. The Morgan fingerprint density at radius 2 is 2.00 bits per heavy atom. The molecule has 1 aromatic heterocycles. The van der Waals surface area contributed by atoms with E-state index >= 15 is 0 Å². The lowest BCUT2D eigenvalue weighted by atomic mass is 10.1. The maximum absolute atomic E-state index is 11.6. The fourth-order valence-corrected chi connectivity index (χ4v) is 3.60. The van der Waals surface area contributed by atoms with Gasteiger partial charge in [0.05, 0.1) is 12.9 Å². The Kier molecular flexibility index (Phi) is 8.36. The van der Waals surface area contributed by atoms with Gasteiger partial charge in [-0.05, 0) is 30.5 Å². The van der Waals surface area contributed by atoms with Crippen molar-refractivity contribution in [3.05, 3.63) is 29.8 Å². The second-order valence-electron chi connectivity index (χ2n) is 5.44. The van der Waals surface area contributed by atoms with Crippen LogP contribution in [0.2, 0.25) is 0 Å². The van der Waals surface area contributed by atoms with Crippen molar-refractivity contribution >= 4 is 45.8 Å². The molecular weight excluding hydrogens is 372 g/mol. The van der Waals surface area contributed by atoms with Crippen LogP contribution in [0.1, 0.15) is 25.3 Å². The van der Waals surface area contributed by atoms with Crippen LogP contribution < -0.4 is 10.6 Å². The number of methoxy groups -OCH3 is 1. The van der Waals surface area contributed by atoms with Gasteiger partial charge in [-0.2, -0.15) is 0 Å². The number of esters is 1. The van der Waals surface area contributed by atoms with E-state index in [1.807, 2.05) is 12.1 Å². The molecule has 26 heavy (non-hydrogen) atoms. The number of amides is 1. The van der Waals surface area contributed by atoms with Crippen LogP contribution in [0.15, 0.2) is 28.6 Å². The first kappa shape index (κ1) is 20.2. The van der Waals surface area contributed by atoms with Crippen LogP contribution in [-0.2, 0) is 20.7 Å². The summed E-state index contributed by atoms with van der Waals surface area (Å²) in [5.74, 6) is -0.572. The van der Waals surface area contributed by atoms with Crippen molar-refractivity contribution in [2.75, 3.05) is 24.7 Å². The van der Waals surface area contributed by atoms with E-state index in [2.05, 4.69) is 44.6 Å². The molecule has 0 saturated carbocycles. The first-order chi connectivity index (χ1) is 12.6. The van der Waals surface area contributed by atoms with Crippen molar-refractivity contribution in [3.63, 3.8) is 0 Å². The highest BCUT2D eigenvalue weighted by atomic mass is 32.2. The van der Waals surface area contributed by atoms with Gasteiger partial charge in [0.25, 0.3) is 0 Å². The topological polar surface area (TPSA) is 93.2 Å². The van der Waals surface area contributed by atoms with E-state index in [0.29, 0.717) is 9.47 Å². The number of thioether (sulfide) groups is 1. The van der Waals surface area contributed by atoms with Gasteiger partial charge in [-0.15, -0.1) is 10.2 Å². The number of benzene rings is 1. The summed E-state index contributed by atoms with van der Waals surface area (Å²) in [7, 11) is 1.28. The summed E-state index contributed by atoms with van der Waals surface area (Å²) in [6, 6.07) is 8.28. The van der Waals surface area contributed by atoms with Gasteiger partial charge in [-0.1, -0.05) is 48.6 Å². The zero-order chi connectivity index (χ0) is 18.8. The molecule has 0 spiro atoms. The number of nitrogens with one attached hydrogen (secondary N) is 2. The molecule has 0 aliphatic carbocycles. The third-order valence-electron chi connectivity index (χ3n) is 3.41. The highest BCUT2D eigenvalue weighted by Gasteiger charge is 2.10. The Balaban J connectivity index is 1.78. The third-order valence-corrected chi connectivity index (χ3v) is 5.39. The quantitative estimate of drug-likeness (QED) is 0.473. The van der Waals surface area contributed by atoms with Gasteiger partial charge < -0.3 is 15.4 Å². The molecule has 2 aromatic rings. The lowest BCUT2D eigenvalue weighted by molar-refractivity contribution is -0.140. The molecule has 1 aromatic carbocycles. The number of aryl methyl sites for hydroxylation is 1. The lowest BCUT2D eigenvalue weighted by Gasteiger charge is -2.04. The van der Waals surface area contributed by atoms with E-state index in [9.17, 15) is 9.59 Å². The molecule has 0 saturated heterocycles. The number of carbonyl (C=O) groups is 2. The van der Waals surface area contributed by atoms with Gasteiger partial charge in [0.2, 0.25) is 11.0 Å². The number of hydrogen-bond acceptors (Lipinski definition) is 8. The van der Waals surface area contributed by atoms with Crippen molar-refractivity contribution < 1.29 is 14.3 Å². The van der Waals surface area contributed by atoms with Crippen LogP contribution in [0.4, 0.5) is 10.8 Å². The smallest absolute Gasteiger partial charge is 0.325 e. The van der Waals surface area contributed by atoms with Crippen LogP contribution in [-0.4, -0.2) is 41.5 Å². The molecule has 7 nitrogen and oxygen atoms in total. The fraction of sp³-hybridized carbons (Fsp3) is 0.412. The van der Waals surface area contributed by atoms with Crippen molar-refractivity contribution in [1.82, 2.24) is 15.5 Å². The Labute approximate surface area is 160 Å². The predicted molar refractivity (Wildman–Crippen MR) is 104 cm³/mol. The first-order valence-electron chi connectivity index (χ1n) is 8.26. The minimum absolute atomic E-state index is 0.132. The first-order valence-corrected chi connectivity index (χ1v) is 10.1. The van der Waals surface area contributed by atoms with Crippen LogP contribution in [0.5, 0.6) is 0 Å². The molecule has 9 heteroatoms. The number of unbranched alkanes of at least 4 members (excludes halogenated alkanes) is 1. The van der Waals surface area contributed by atoms with E-state index in [4.69, 9.17) is 0 Å². The number of hydrogen-bond donors (Lipinski definition) is 2. The molecule has 140 valence electrons. The predicted octanol–water partition coefficient (Wildman–Crippen LogP) is 3.01. The van der Waals surface area contributed by atoms with Gasteiger partial charge >= 0.3 is 5.97 Å². The van der Waals surface area contributed by atoms with Gasteiger partial charge in [0.1, 0.15) is 6.54 Å². The monoisotopic (exact) mass is 394 g/mol. The van der Waals surface area contributed by atoms with Gasteiger partial charge in [0.15, 0.2) is 4.34 Å². The molecule has 0 radical (unpaired) electrons. The molecule has 0 bridgehead atoms. The average Bonchev–Trinajstić information content (AvgIpc) is 3.11. The second kappa shape index (κ2) is 10.8. The molecule has 0 fully saturated rings. The van der Waals surface area contributed by atoms with E-state index in [1.165, 1.54) is 48.6 Å². The largest absolute Gasteiger partial charge is 0.468 e. The summed E-state index contributed by atoms with van der Waals surface area (Å²) in [6.07, 6.45) is 3.47. The molecule has 0 aliphatic rings. The summed E-state index contributed by atoms with van der Waals surface area (Å²) in [4.78, 5) is 22.6. The molecular formula is C17H22N4O3S2. The van der Waals surface area contributed by atoms with E-state index in [-0.39, 0.29) is 18.2 Å². The minimum atomic E-state index is -0.480. The summed E-state index contributed by atoms with van der Waals surface area (Å²) in [5, 5.41) is 14.5. The Morgan fingerprint density at radius 3 is 2.69 bits per heavy atom. The Morgan fingerprint density at radius 1 is 1.23 bits per heavy atom. The number of anilines is 2. The summed E-state index contributed by atoms with van der Waals surface area (Å²) in [6.45, 7) is 2.05. The normalized spacial score (nSPS) is 10.4. The highest BCUT2D eigenvalue weighted by molar-refractivity contribution is 8.01. The Hall–Kier alpha value is -2.13. The zero-order valence-corrected chi connectivity index (χ0v) is 16.4. The van der Waals surface area contributed by atoms with Crippen molar-refractivity contribution in [3.8, 4) is 0 Å². The maximum atomic E-state index is 11.6. The van der Waals surface area contributed by atoms with Crippen LogP contribution in [0, 0.1) is 0 Å². The molecule has 0 unspecified atom stereocenters. The third kappa shape index (κ3) is 7.01. The number of aromatic nitrogens is 2. The van der Waals surface area contributed by atoms with Gasteiger partial charge in [0, 0.05) is 5.69 Å². The Bertz CT molecular complexity index is 719. The molecule has 0 atom stereocenters. The molecule has 2 rings (SSSR count). The number of rotatable bonds is 10. The minimum Gasteiger partial charge on any atom is -0.468 e. The van der Waals surface area contributed by atoms with Crippen LogP contribution >= 0.6 is 23.1 Å². The van der Waals surface area contributed by atoms with Crippen LogP contribution in [0.3, 0.4) is 0 Å². The average molecular weight is 395 g/mol. The van der Waals surface area contributed by atoms with Gasteiger partial charge in [-0.3, -0.25) is 9.59 Å². The van der Waals surface area contributed by atoms with Crippen molar-refractivity contribution in [2.45, 2.75) is 30.5 Å². The fourth-order valence-electron chi connectivity index (χ4n) is 2.00. The molecule has 1 heterocycles. The molecule has 2 N–H and O–H groups in total. The standard InChI is InChI=1S/C17H22N4O3S2/c1-3-4-5-12-6-8-13(9-7-12)19-16-20-21-17(26-16)25-11-14(22)18-10-15(23)24-2/h6-9H,3-5,10-11H2,1-2H3,(H,18,22)(H,19,20). The van der Waals surface area contributed by atoms with Crippen molar-refractivity contribution in [1.29, 1.82) is 0 Å². The maximum Gasteiger partial charge on any atom is 0.325 e. The summed E-state index contributed by atoms with van der Waals surface area (Å²) < 4.78 is 5.14. The SMILES string of the molecule is CCCCc1ccc(Nc2nnc(SCC(=O)NCC(=O)OC)s2)cc1. The van der Waals surface area contributed by atoms with E-state index in [0.717, 1.165) is 12.1 Å². The number of carbonyl (C=O) groups excluding carboxylic acids is 2. The van der Waals surface area contributed by atoms with Gasteiger partial charge in [-0.25, -0.2) is 0 Å². The zero-order valence-electron chi connectivity index (χ0n) is 14.8. The number of nitrogens with zero attached hydrogens (tertiary/aromatic N) is 2. The number of ether oxygens (including phenoxy) is 1. The van der Waals surface area contributed by atoms with E-state index < -0.39 is 5.97 Å². The second-order valence-corrected chi connectivity index (χ2v) is 7.64. The highest BCUT2D eigenvalue weighted by Crippen LogP contribution is 2.27. The molecule has 1 amide bonds. The summed E-state index contributed by atoms with van der Waals surface area (Å²) in [5.41, 5.74) is 2.28.